The molecule has 2 heteroatoms. The Balaban J connectivity index is 1.68. The Hall–Kier alpha value is 0.440. The molecular formula is C10H15BrO. The highest BCUT2D eigenvalue weighted by Gasteiger charge is 2.57. The molecule has 0 aromatic carbocycles. The van der Waals surface area contributed by atoms with Crippen molar-refractivity contribution in [2.24, 2.45) is 11.3 Å². The molecule has 0 amide bonds. The van der Waals surface area contributed by atoms with Gasteiger partial charge in [0.1, 0.15) is 0 Å². The predicted octanol–water partition coefficient (Wildman–Crippen LogP) is 2.73. The van der Waals surface area contributed by atoms with Gasteiger partial charge in [-0.2, -0.15) is 0 Å². The lowest BCUT2D eigenvalue weighted by atomic mass is 9.70. The predicted molar refractivity (Wildman–Crippen MR) is 51.5 cm³/mol. The van der Waals surface area contributed by atoms with Gasteiger partial charge in [-0.05, 0) is 43.4 Å². The Morgan fingerprint density at radius 2 is 2.08 bits per heavy atom. The normalized spacial score (nSPS) is 47.2. The third-order valence-corrected chi connectivity index (χ3v) is 5.07. The second-order valence-corrected chi connectivity index (χ2v) is 5.64. The number of alkyl halides is 1. The standard InChI is InChI=1S/C10H15BrO/c11-7-9(1-2-9)6-10-3-8(4-10)5-12-10/h8H,1-7H2. The van der Waals surface area contributed by atoms with Crippen LogP contribution in [0.2, 0.25) is 0 Å². The monoisotopic (exact) mass is 230 g/mol. The molecule has 2 heterocycles. The van der Waals surface area contributed by atoms with E-state index >= 15 is 0 Å². The molecule has 0 atom stereocenters. The third kappa shape index (κ3) is 1.00. The zero-order valence-corrected chi connectivity index (χ0v) is 8.90. The van der Waals surface area contributed by atoms with E-state index in [-0.39, 0.29) is 0 Å². The fraction of sp³-hybridized carbons (Fsp3) is 1.00. The lowest BCUT2D eigenvalue weighted by molar-refractivity contribution is -0.0206. The molecule has 0 radical (unpaired) electrons. The van der Waals surface area contributed by atoms with E-state index in [2.05, 4.69) is 15.9 Å². The molecule has 2 saturated heterocycles. The van der Waals surface area contributed by atoms with Crippen molar-refractivity contribution in [1.29, 1.82) is 0 Å². The number of hydrogen-bond acceptors (Lipinski definition) is 1. The summed E-state index contributed by atoms with van der Waals surface area (Å²) in [7, 11) is 0. The summed E-state index contributed by atoms with van der Waals surface area (Å²) in [5.74, 6) is 0.927. The summed E-state index contributed by atoms with van der Waals surface area (Å²) >= 11 is 3.63. The summed E-state index contributed by atoms with van der Waals surface area (Å²) in [6.45, 7) is 1.05. The molecule has 0 N–H and O–H groups in total. The molecule has 0 unspecified atom stereocenters. The summed E-state index contributed by atoms with van der Waals surface area (Å²) < 4.78 is 5.87. The second-order valence-electron chi connectivity index (χ2n) is 5.08. The maximum atomic E-state index is 5.87. The first-order valence-corrected chi connectivity index (χ1v) is 6.08. The van der Waals surface area contributed by atoms with E-state index in [1.165, 1.54) is 37.4 Å². The largest absolute Gasteiger partial charge is 0.375 e. The molecule has 68 valence electrons. The van der Waals surface area contributed by atoms with Crippen LogP contribution in [0.3, 0.4) is 0 Å². The van der Waals surface area contributed by atoms with Crippen molar-refractivity contribution in [2.45, 2.75) is 37.7 Å². The zero-order valence-electron chi connectivity index (χ0n) is 7.31. The maximum Gasteiger partial charge on any atom is 0.0695 e. The Morgan fingerprint density at radius 1 is 1.33 bits per heavy atom. The van der Waals surface area contributed by atoms with Crippen molar-refractivity contribution in [3.8, 4) is 0 Å². The number of halogens is 1. The summed E-state index contributed by atoms with van der Waals surface area (Å²) in [4.78, 5) is 0. The molecule has 12 heavy (non-hydrogen) atoms. The van der Waals surface area contributed by atoms with Crippen LogP contribution in [0.5, 0.6) is 0 Å². The second kappa shape index (κ2) is 2.27. The molecule has 0 aromatic heterocycles. The van der Waals surface area contributed by atoms with Crippen molar-refractivity contribution in [3.05, 3.63) is 0 Å². The van der Waals surface area contributed by atoms with E-state index < -0.39 is 0 Å². The molecule has 2 aliphatic carbocycles. The molecule has 0 aromatic rings. The summed E-state index contributed by atoms with van der Waals surface area (Å²) in [6.07, 6.45) is 6.91. The molecule has 4 aliphatic rings. The summed E-state index contributed by atoms with van der Waals surface area (Å²) in [5.41, 5.74) is 1.00. The van der Waals surface area contributed by atoms with Crippen LogP contribution in [0.4, 0.5) is 0 Å². The van der Waals surface area contributed by atoms with Crippen LogP contribution >= 0.6 is 15.9 Å². The molecule has 2 aliphatic heterocycles. The van der Waals surface area contributed by atoms with E-state index in [0.717, 1.165) is 12.5 Å². The van der Waals surface area contributed by atoms with Crippen LogP contribution in [0.15, 0.2) is 0 Å². The quantitative estimate of drug-likeness (QED) is 0.678. The van der Waals surface area contributed by atoms with Gasteiger partial charge in [-0.3, -0.25) is 0 Å². The zero-order chi connectivity index (χ0) is 8.23. The maximum absolute atomic E-state index is 5.87. The lowest BCUT2D eigenvalue weighted by Gasteiger charge is -2.38. The van der Waals surface area contributed by atoms with Crippen molar-refractivity contribution >= 4 is 15.9 Å². The highest BCUT2D eigenvalue weighted by Crippen LogP contribution is 2.60. The van der Waals surface area contributed by atoms with Gasteiger partial charge in [0.25, 0.3) is 0 Å². The molecule has 2 bridgehead atoms. The highest BCUT2D eigenvalue weighted by molar-refractivity contribution is 9.09. The van der Waals surface area contributed by atoms with Crippen LogP contribution in [0, 0.1) is 11.3 Å². The number of rotatable bonds is 3. The number of ether oxygens (including phenoxy) is 1. The van der Waals surface area contributed by atoms with E-state index in [1.807, 2.05) is 0 Å². The van der Waals surface area contributed by atoms with E-state index in [1.54, 1.807) is 0 Å². The van der Waals surface area contributed by atoms with Gasteiger partial charge in [-0.1, -0.05) is 15.9 Å². The Bertz CT molecular complexity index is 198. The van der Waals surface area contributed by atoms with E-state index in [4.69, 9.17) is 4.74 Å². The first-order valence-electron chi connectivity index (χ1n) is 4.96. The summed E-state index contributed by atoms with van der Waals surface area (Å²) in [6, 6.07) is 0. The number of hydrogen-bond donors (Lipinski definition) is 0. The first-order chi connectivity index (χ1) is 5.76. The van der Waals surface area contributed by atoms with Gasteiger partial charge in [0.05, 0.1) is 12.2 Å². The Labute approximate surface area is 82.0 Å². The molecule has 1 nitrogen and oxygen atoms in total. The van der Waals surface area contributed by atoms with Crippen molar-refractivity contribution in [3.63, 3.8) is 0 Å². The van der Waals surface area contributed by atoms with Gasteiger partial charge in [0.2, 0.25) is 0 Å². The highest BCUT2D eigenvalue weighted by atomic mass is 79.9. The lowest BCUT2D eigenvalue weighted by Crippen LogP contribution is -2.39. The molecule has 4 rings (SSSR count). The smallest absolute Gasteiger partial charge is 0.0695 e. The SMILES string of the molecule is BrCC1(CC23CC(CO2)C3)CC1. The third-order valence-electron chi connectivity index (χ3n) is 3.88. The fourth-order valence-corrected chi connectivity index (χ4v) is 3.69. The van der Waals surface area contributed by atoms with Gasteiger partial charge in [0, 0.05) is 5.33 Å². The average molecular weight is 231 g/mol. The molecule has 0 spiro atoms. The van der Waals surface area contributed by atoms with Gasteiger partial charge >= 0.3 is 0 Å². The van der Waals surface area contributed by atoms with Crippen molar-refractivity contribution in [1.82, 2.24) is 0 Å². The molecule has 4 fully saturated rings. The minimum Gasteiger partial charge on any atom is -0.375 e. The van der Waals surface area contributed by atoms with Crippen molar-refractivity contribution in [2.75, 3.05) is 11.9 Å². The minimum atomic E-state index is 0.356. The van der Waals surface area contributed by atoms with Gasteiger partial charge < -0.3 is 4.74 Å². The van der Waals surface area contributed by atoms with E-state index in [9.17, 15) is 0 Å². The molecule has 2 saturated carbocycles. The van der Waals surface area contributed by atoms with Crippen LogP contribution in [0.1, 0.15) is 32.1 Å². The van der Waals surface area contributed by atoms with Gasteiger partial charge in [-0.25, -0.2) is 0 Å². The van der Waals surface area contributed by atoms with Crippen molar-refractivity contribution < 1.29 is 4.74 Å². The van der Waals surface area contributed by atoms with Gasteiger partial charge in [-0.15, -0.1) is 0 Å². The van der Waals surface area contributed by atoms with Crippen LogP contribution < -0.4 is 0 Å². The topological polar surface area (TPSA) is 9.23 Å². The van der Waals surface area contributed by atoms with Crippen LogP contribution in [-0.2, 0) is 4.74 Å². The Kier molecular flexibility index (Phi) is 1.48. The first kappa shape index (κ1) is 7.81. The Morgan fingerprint density at radius 3 is 2.50 bits per heavy atom. The molecular weight excluding hydrogens is 216 g/mol. The number of fused-ring (bicyclic) bond motifs is 1. The minimum absolute atomic E-state index is 0.356. The van der Waals surface area contributed by atoms with Gasteiger partial charge in [0.15, 0.2) is 0 Å². The van der Waals surface area contributed by atoms with E-state index in [0.29, 0.717) is 11.0 Å². The average Bonchev–Trinajstić information content (AvgIpc) is 2.49. The van der Waals surface area contributed by atoms with Crippen LogP contribution in [0.25, 0.3) is 0 Å². The van der Waals surface area contributed by atoms with Crippen LogP contribution in [-0.4, -0.2) is 17.5 Å². The fourth-order valence-electron chi connectivity index (χ4n) is 2.94. The summed E-state index contributed by atoms with van der Waals surface area (Å²) in [5, 5.41) is 1.19.